The predicted molar refractivity (Wildman–Crippen MR) is 128 cm³/mol. The molecule has 0 bridgehead atoms. The zero-order valence-electron chi connectivity index (χ0n) is 16.2. The molecule has 0 radical (unpaired) electrons. The molecule has 0 unspecified atom stereocenters. The molecule has 3 rings (SSSR count). The van der Waals surface area contributed by atoms with E-state index in [2.05, 4.69) is 62.9 Å². The Bertz CT molecular complexity index is 1010. The largest absolute Gasteiger partial charge is 0.490 e. The second-order valence-corrected chi connectivity index (χ2v) is 8.56. The zero-order chi connectivity index (χ0) is 20.8. The summed E-state index contributed by atoms with van der Waals surface area (Å²) in [6.45, 7) is 4.83. The van der Waals surface area contributed by atoms with E-state index in [-0.39, 0.29) is 5.91 Å². The van der Waals surface area contributed by atoms with Crippen LogP contribution in [0, 0.1) is 10.5 Å². The second-order valence-electron chi connectivity index (χ2n) is 6.46. The highest BCUT2D eigenvalue weighted by Crippen LogP contribution is 2.37. The van der Waals surface area contributed by atoms with Gasteiger partial charge in [-0.1, -0.05) is 35.9 Å². The molecule has 6 heteroatoms. The Morgan fingerprint density at radius 2 is 1.83 bits per heavy atom. The number of carbonyl (C=O) groups is 1. The summed E-state index contributed by atoms with van der Waals surface area (Å²) in [6, 6.07) is 19.3. The summed E-state index contributed by atoms with van der Waals surface area (Å²) < 4.78 is 13.5. The number of amides is 1. The maximum absolute atomic E-state index is 12.7. The van der Waals surface area contributed by atoms with E-state index in [4.69, 9.17) is 9.47 Å². The van der Waals surface area contributed by atoms with Crippen LogP contribution in [-0.2, 0) is 6.61 Å². The number of benzene rings is 3. The third-order valence-electron chi connectivity index (χ3n) is 4.16. The van der Waals surface area contributed by atoms with Crippen molar-refractivity contribution in [3.63, 3.8) is 0 Å². The van der Waals surface area contributed by atoms with Gasteiger partial charge in [0.05, 0.1) is 11.1 Å². The number of rotatable bonds is 7. The van der Waals surface area contributed by atoms with E-state index in [1.54, 1.807) is 12.1 Å². The van der Waals surface area contributed by atoms with Gasteiger partial charge >= 0.3 is 0 Å². The van der Waals surface area contributed by atoms with Crippen molar-refractivity contribution in [2.75, 3.05) is 11.9 Å². The number of hydrogen-bond donors (Lipinski definition) is 1. The molecule has 0 aliphatic heterocycles. The van der Waals surface area contributed by atoms with Gasteiger partial charge < -0.3 is 14.8 Å². The fraction of sp³-hybridized carbons (Fsp3) is 0.174. The Hall–Kier alpha value is -2.06. The van der Waals surface area contributed by atoms with E-state index in [0.29, 0.717) is 34.7 Å². The van der Waals surface area contributed by atoms with Crippen LogP contribution in [-0.4, -0.2) is 12.5 Å². The van der Waals surface area contributed by atoms with Crippen LogP contribution in [0.2, 0.25) is 0 Å². The van der Waals surface area contributed by atoms with E-state index in [1.165, 1.54) is 5.56 Å². The molecule has 1 N–H and O–H groups in total. The third kappa shape index (κ3) is 5.96. The van der Waals surface area contributed by atoms with Crippen LogP contribution in [0.5, 0.6) is 11.5 Å². The molecule has 0 atom stereocenters. The normalized spacial score (nSPS) is 10.5. The number of ether oxygens (including phenoxy) is 2. The minimum Gasteiger partial charge on any atom is -0.490 e. The predicted octanol–water partition coefficient (Wildman–Crippen LogP) is 6.59. The van der Waals surface area contributed by atoms with Gasteiger partial charge in [0.15, 0.2) is 11.5 Å². The van der Waals surface area contributed by atoms with Gasteiger partial charge in [0.25, 0.3) is 5.91 Å². The molecule has 3 aromatic rings. The maximum atomic E-state index is 12.7. The van der Waals surface area contributed by atoms with Gasteiger partial charge in [0.1, 0.15) is 6.61 Å². The summed E-state index contributed by atoms with van der Waals surface area (Å²) in [6.07, 6.45) is 0. The van der Waals surface area contributed by atoms with Crippen LogP contribution in [0.3, 0.4) is 0 Å². The highest BCUT2D eigenvalue weighted by atomic mass is 127. The summed E-state index contributed by atoms with van der Waals surface area (Å²) in [7, 11) is 0. The fourth-order valence-electron chi connectivity index (χ4n) is 2.71. The molecule has 1 amide bonds. The van der Waals surface area contributed by atoms with E-state index in [9.17, 15) is 4.79 Å². The van der Waals surface area contributed by atoms with Gasteiger partial charge in [-0.05, 0) is 88.3 Å². The molecule has 0 aliphatic carbocycles. The van der Waals surface area contributed by atoms with Crippen molar-refractivity contribution in [3.05, 3.63) is 85.4 Å². The molecule has 0 fully saturated rings. The van der Waals surface area contributed by atoms with Gasteiger partial charge in [-0.25, -0.2) is 0 Å². The summed E-state index contributed by atoms with van der Waals surface area (Å²) in [5.74, 6) is 0.902. The van der Waals surface area contributed by atoms with Crippen LogP contribution in [0.4, 0.5) is 5.69 Å². The molecule has 0 aromatic heterocycles. The SMILES string of the molecule is CCOc1cc(C(=O)Nc2cccc(I)c2)cc(Br)c1OCc1ccc(C)cc1. The molecule has 0 spiro atoms. The first-order chi connectivity index (χ1) is 14.0. The highest BCUT2D eigenvalue weighted by molar-refractivity contribution is 14.1. The molecular weight excluding hydrogens is 545 g/mol. The summed E-state index contributed by atoms with van der Waals surface area (Å²) >= 11 is 5.75. The molecule has 29 heavy (non-hydrogen) atoms. The van der Waals surface area contributed by atoms with Crippen LogP contribution in [0.15, 0.2) is 65.1 Å². The van der Waals surface area contributed by atoms with Gasteiger partial charge in [-0.15, -0.1) is 0 Å². The van der Waals surface area contributed by atoms with Crippen molar-refractivity contribution >= 4 is 50.1 Å². The van der Waals surface area contributed by atoms with E-state index < -0.39 is 0 Å². The minimum atomic E-state index is -0.210. The lowest BCUT2D eigenvalue weighted by atomic mass is 10.1. The summed E-state index contributed by atoms with van der Waals surface area (Å²) in [4.78, 5) is 12.7. The molecular formula is C23H21BrINO3. The van der Waals surface area contributed by atoms with Crippen molar-refractivity contribution in [2.45, 2.75) is 20.5 Å². The van der Waals surface area contributed by atoms with Crippen LogP contribution in [0.1, 0.15) is 28.4 Å². The molecule has 3 aromatic carbocycles. The molecule has 0 aliphatic rings. The lowest BCUT2D eigenvalue weighted by molar-refractivity contribution is 0.102. The quantitative estimate of drug-likeness (QED) is 0.329. The number of anilines is 1. The Morgan fingerprint density at radius 3 is 2.52 bits per heavy atom. The van der Waals surface area contributed by atoms with Crippen molar-refractivity contribution in [1.82, 2.24) is 0 Å². The Balaban J connectivity index is 1.81. The monoisotopic (exact) mass is 565 g/mol. The topological polar surface area (TPSA) is 47.6 Å². The number of halogens is 2. The average Bonchev–Trinajstić information content (AvgIpc) is 2.68. The molecule has 0 heterocycles. The lowest BCUT2D eigenvalue weighted by Gasteiger charge is -2.16. The number of carbonyl (C=O) groups excluding carboxylic acids is 1. The first kappa shape index (κ1) is 21.6. The molecule has 4 nitrogen and oxygen atoms in total. The lowest BCUT2D eigenvalue weighted by Crippen LogP contribution is -2.13. The standard InChI is InChI=1S/C23H21BrINO3/c1-3-28-21-12-17(23(27)26-19-6-4-5-18(25)13-19)11-20(24)22(21)29-14-16-9-7-15(2)8-10-16/h4-13H,3,14H2,1-2H3,(H,26,27). The molecule has 0 saturated carbocycles. The Labute approximate surface area is 192 Å². The average molecular weight is 566 g/mol. The first-order valence-corrected chi connectivity index (χ1v) is 11.0. The van der Waals surface area contributed by atoms with Gasteiger partial charge in [0, 0.05) is 14.8 Å². The summed E-state index contributed by atoms with van der Waals surface area (Å²) in [5, 5.41) is 2.92. The van der Waals surface area contributed by atoms with Crippen LogP contribution < -0.4 is 14.8 Å². The maximum Gasteiger partial charge on any atom is 0.255 e. The molecule has 150 valence electrons. The van der Waals surface area contributed by atoms with Gasteiger partial charge in [0.2, 0.25) is 0 Å². The van der Waals surface area contributed by atoms with Crippen molar-refractivity contribution < 1.29 is 14.3 Å². The third-order valence-corrected chi connectivity index (χ3v) is 5.42. The number of hydrogen-bond acceptors (Lipinski definition) is 3. The fourth-order valence-corrected chi connectivity index (χ4v) is 3.81. The highest BCUT2D eigenvalue weighted by Gasteiger charge is 2.16. The zero-order valence-corrected chi connectivity index (χ0v) is 19.9. The second kappa shape index (κ2) is 10.1. The number of aryl methyl sites for hydroxylation is 1. The van der Waals surface area contributed by atoms with E-state index in [0.717, 1.165) is 14.8 Å². The van der Waals surface area contributed by atoms with Crippen LogP contribution >= 0.6 is 38.5 Å². The smallest absolute Gasteiger partial charge is 0.255 e. The molecule has 0 saturated heterocycles. The van der Waals surface area contributed by atoms with Gasteiger partial charge in [-0.2, -0.15) is 0 Å². The van der Waals surface area contributed by atoms with Gasteiger partial charge in [-0.3, -0.25) is 4.79 Å². The number of nitrogens with one attached hydrogen (secondary N) is 1. The van der Waals surface area contributed by atoms with E-state index >= 15 is 0 Å². The van der Waals surface area contributed by atoms with Crippen molar-refractivity contribution in [3.8, 4) is 11.5 Å². The van der Waals surface area contributed by atoms with Crippen molar-refractivity contribution in [1.29, 1.82) is 0 Å². The minimum absolute atomic E-state index is 0.210. The van der Waals surface area contributed by atoms with E-state index in [1.807, 2.05) is 43.3 Å². The first-order valence-electron chi connectivity index (χ1n) is 9.18. The van der Waals surface area contributed by atoms with Crippen molar-refractivity contribution in [2.24, 2.45) is 0 Å². The van der Waals surface area contributed by atoms with Crippen LogP contribution in [0.25, 0.3) is 0 Å². The Morgan fingerprint density at radius 1 is 1.07 bits per heavy atom. The Kier molecular flexibility index (Phi) is 7.55. The summed E-state index contributed by atoms with van der Waals surface area (Å²) in [5.41, 5.74) is 3.50.